The van der Waals surface area contributed by atoms with Crippen LogP contribution in [0.25, 0.3) is 0 Å². The van der Waals surface area contributed by atoms with Gasteiger partial charge in [0.1, 0.15) is 12.4 Å². The van der Waals surface area contributed by atoms with E-state index in [1.54, 1.807) is 0 Å². The zero-order valence-corrected chi connectivity index (χ0v) is 14.3. The molecule has 1 aromatic carbocycles. The Balaban J connectivity index is 2.80. The van der Waals surface area contributed by atoms with Crippen molar-refractivity contribution < 1.29 is 4.74 Å². The van der Waals surface area contributed by atoms with Gasteiger partial charge in [0, 0.05) is 17.6 Å². The van der Waals surface area contributed by atoms with E-state index in [9.17, 15) is 0 Å². The third-order valence-electron chi connectivity index (χ3n) is 2.15. The molecule has 0 bridgehead atoms. The minimum atomic E-state index is 0.294. The zero-order valence-electron chi connectivity index (χ0n) is 10.4. The van der Waals surface area contributed by atoms with Crippen LogP contribution in [0.4, 0.5) is 0 Å². The van der Waals surface area contributed by atoms with Crippen LogP contribution in [0.3, 0.4) is 0 Å². The Morgan fingerprint density at radius 1 is 1.39 bits per heavy atom. The van der Waals surface area contributed by atoms with Gasteiger partial charge in [-0.15, -0.1) is 0 Å². The fraction of sp³-hybridized carbons (Fsp3) is 0.385. The predicted octanol–water partition coefficient (Wildman–Crippen LogP) is 4.84. The van der Waals surface area contributed by atoms with Gasteiger partial charge in [-0.2, -0.15) is 0 Å². The van der Waals surface area contributed by atoms with Gasteiger partial charge >= 0.3 is 0 Å². The molecule has 0 saturated heterocycles. The first kappa shape index (κ1) is 16.0. The molecule has 1 N–H and O–H groups in total. The van der Waals surface area contributed by atoms with Gasteiger partial charge in [-0.25, -0.2) is 0 Å². The van der Waals surface area contributed by atoms with Crippen LogP contribution in [-0.4, -0.2) is 12.6 Å². The summed E-state index contributed by atoms with van der Waals surface area (Å²) in [7, 11) is 0. The van der Waals surface area contributed by atoms with Gasteiger partial charge < -0.3 is 10.1 Å². The summed E-state index contributed by atoms with van der Waals surface area (Å²) in [6.45, 7) is 8.94. The smallest absolute Gasteiger partial charge is 0.148 e. The van der Waals surface area contributed by atoms with E-state index in [1.807, 2.05) is 12.1 Å². The quantitative estimate of drug-likeness (QED) is 0.742. The van der Waals surface area contributed by atoms with Crippen molar-refractivity contribution in [3.05, 3.63) is 38.3 Å². The van der Waals surface area contributed by atoms with E-state index < -0.39 is 0 Å². The van der Waals surface area contributed by atoms with Gasteiger partial charge in [-0.05, 0) is 49.6 Å². The highest BCUT2D eigenvalue weighted by Crippen LogP contribution is 2.35. The highest BCUT2D eigenvalue weighted by atomic mass is 79.9. The van der Waals surface area contributed by atoms with Gasteiger partial charge in [0.15, 0.2) is 0 Å². The van der Waals surface area contributed by atoms with Crippen LogP contribution < -0.4 is 10.1 Å². The van der Waals surface area contributed by atoms with Crippen molar-refractivity contribution in [3.8, 4) is 5.75 Å². The van der Waals surface area contributed by atoms with Crippen molar-refractivity contribution in [2.75, 3.05) is 6.61 Å². The lowest BCUT2D eigenvalue weighted by Crippen LogP contribution is -2.21. The van der Waals surface area contributed by atoms with Crippen LogP contribution in [0, 0.1) is 0 Å². The minimum Gasteiger partial charge on any atom is -0.486 e. The highest BCUT2D eigenvalue weighted by Gasteiger charge is 2.09. The first-order valence-corrected chi connectivity index (χ1v) is 7.54. The van der Waals surface area contributed by atoms with Gasteiger partial charge in [0.25, 0.3) is 0 Å². The number of benzene rings is 1. The Kier molecular flexibility index (Phi) is 6.71. The van der Waals surface area contributed by atoms with Gasteiger partial charge in [0.05, 0.1) is 8.95 Å². The average molecular weight is 398 g/mol. The monoisotopic (exact) mass is 395 g/mol. The summed E-state index contributed by atoms with van der Waals surface area (Å²) in [6, 6.07) is 4.52. The topological polar surface area (TPSA) is 21.3 Å². The SMILES string of the molecule is C=C(Cl)COc1c(Br)cc(CNC(C)C)cc1Br. The summed E-state index contributed by atoms with van der Waals surface area (Å²) in [6.07, 6.45) is 0. The second kappa shape index (κ2) is 7.53. The fourth-order valence-corrected chi connectivity index (χ4v) is 2.89. The van der Waals surface area contributed by atoms with E-state index in [4.69, 9.17) is 16.3 Å². The van der Waals surface area contributed by atoms with Gasteiger partial charge in [-0.1, -0.05) is 32.0 Å². The number of rotatable bonds is 6. The predicted molar refractivity (Wildman–Crippen MR) is 84.3 cm³/mol. The van der Waals surface area contributed by atoms with Crippen LogP contribution in [-0.2, 0) is 6.54 Å². The van der Waals surface area contributed by atoms with Crippen LogP contribution in [0.2, 0.25) is 0 Å². The van der Waals surface area contributed by atoms with Gasteiger partial charge in [-0.3, -0.25) is 0 Å². The lowest BCUT2D eigenvalue weighted by atomic mass is 10.2. The second-order valence-corrected chi connectivity index (χ2v) is 6.47. The largest absolute Gasteiger partial charge is 0.486 e. The molecule has 0 radical (unpaired) electrons. The molecular weight excluding hydrogens is 381 g/mol. The molecule has 0 aliphatic rings. The number of hydrogen-bond donors (Lipinski definition) is 1. The molecule has 0 fully saturated rings. The number of nitrogens with one attached hydrogen (secondary N) is 1. The molecule has 0 aliphatic heterocycles. The van der Waals surface area contributed by atoms with Crippen molar-refractivity contribution in [2.45, 2.75) is 26.4 Å². The Bertz CT molecular complexity index is 412. The molecule has 1 rings (SSSR count). The molecule has 0 unspecified atom stereocenters. The molecule has 100 valence electrons. The molecule has 0 amide bonds. The molecular formula is C13H16Br2ClNO. The van der Waals surface area contributed by atoms with E-state index in [-0.39, 0.29) is 0 Å². The maximum atomic E-state index is 5.69. The molecule has 0 atom stereocenters. The highest BCUT2D eigenvalue weighted by molar-refractivity contribution is 9.11. The van der Waals surface area contributed by atoms with Crippen LogP contribution >= 0.6 is 43.5 Å². The molecule has 1 aromatic rings. The van der Waals surface area contributed by atoms with E-state index in [0.717, 1.165) is 21.2 Å². The average Bonchev–Trinajstić information content (AvgIpc) is 2.24. The maximum absolute atomic E-state index is 5.69. The standard InChI is InChI=1S/C13H16Br2ClNO/c1-8(2)17-6-10-4-11(14)13(12(15)5-10)18-7-9(3)16/h4-5,8,17H,3,6-7H2,1-2H3. The summed E-state index contributed by atoms with van der Waals surface area (Å²) < 4.78 is 7.36. The summed E-state index contributed by atoms with van der Waals surface area (Å²) in [5.74, 6) is 0.741. The molecule has 0 aromatic heterocycles. The number of halogens is 3. The molecule has 2 nitrogen and oxygen atoms in total. The Morgan fingerprint density at radius 3 is 2.39 bits per heavy atom. The first-order valence-electron chi connectivity index (χ1n) is 5.57. The molecule has 0 aliphatic carbocycles. The molecule has 18 heavy (non-hydrogen) atoms. The van der Waals surface area contributed by atoms with Crippen LogP contribution in [0.1, 0.15) is 19.4 Å². The Hall–Kier alpha value is -0.0300. The second-order valence-electron chi connectivity index (χ2n) is 4.23. The van der Waals surface area contributed by atoms with Crippen molar-refractivity contribution in [2.24, 2.45) is 0 Å². The van der Waals surface area contributed by atoms with E-state index in [0.29, 0.717) is 17.7 Å². The van der Waals surface area contributed by atoms with Gasteiger partial charge in [0.2, 0.25) is 0 Å². The van der Waals surface area contributed by atoms with E-state index >= 15 is 0 Å². The summed E-state index contributed by atoms with van der Waals surface area (Å²) in [4.78, 5) is 0. The lowest BCUT2D eigenvalue weighted by Gasteiger charge is -2.13. The normalized spacial score (nSPS) is 10.8. The van der Waals surface area contributed by atoms with Crippen molar-refractivity contribution >= 4 is 43.5 Å². The molecule has 0 saturated carbocycles. The van der Waals surface area contributed by atoms with Crippen LogP contribution in [0.5, 0.6) is 5.75 Å². The van der Waals surface area contributed by atoms with E-state index in [1.165, 1.54) is 5.56 Å². The number of ether oxygens (including phenoxy) is 1. The summed E-state index contributed by atoms with van der Waals surface area (Å²) >= 11 is 12.7. The van der Waals surface area contributed by atoms with Crippen LogP contribution in [0.15, 0.2) is 32.7 Å². The Morgan fingerprint density at radius 2 is 1.94 bits per heavy atom. The molecule has 0 spiro atoms. The third kappa shape index (κ3) is 5.31. The summed E-state index contributed by atoms with van der Waals surface area (Å²) in [5, 5.41) is 3.84. The molecule has 5 heteroatoms. The molecule has 0 heterocycles. The fourth-order valence-electron chi connectivity index (χ4n) is 1.32. The van der Waals surface area contributed by atoms with Crippen molar-refractivity contribution in [1.29, 1.82) is 0 Å². The zero-order chi connectivity index (χ0) is 13.7. The van der Waals surface area contributed by atoms with Crippen molar-refractivity contribution in [1.82, 2.24) is 5.32 Å². The first-order chi connectivity index (χ1) is 8.40. The Labute approximate surface area is 130 Å². The lowest BCUT2D eigenvalue weighted by molar-refractivity contribution is 0.355. The third-order valence-corrected chi connectivity index (χ3v) is 3.43. The van der Waals surface area contributed by atoms with E-state index in [2.05, 4.69) is 57.6 Å². The number of hydrogen-bond acceptors (Lipinski definition) is 2. The minimum absolute atomic E-state index is 0.294. The summed E-state index contributed by atoms with van der Waals surface area (Å²) in [5.41, 5.74) is 1.18. The van der Waals surface area contributed by atoms with Crippen molar-refractivity contribution in [3.63, 3.8) is 0 Å². The maximum Gasteiger partial charge on any atom is 0.148 e.